The maximum Gasteiger partial charge on any atom is 0.332 e. The number of nitrogens with zero attached hydrogens (tertiary/aromatic N) is 6. The molecule has 0 saturated carbocycles. The summed E-state index contributed by atoms with van der Waals surface area (Å²) in [7, 11) is 1.66. The highest BCUT2D eigenvalue weighted by Crippen LogP contribution is 2.16. The van der Waals surface area contributed by atoms with Crippen LogP contribution in [0.4, 0.5) is 0 Å². The zero-order chi connectivity index (χ0) is 18.4. The van der Waals surface area contributed by atoms with Crippen LogP contribution in [0.5, 0.6) is 0 Å². The normalized spacial score (nSPS) is 16.1. The second kappa shape index (κ2) is 6.40. The van der Waals surface area contributed by atoms with Crippen molar-refractivity contribution in [2.24, 2.45) is 7.05 Å². The summed E-state index contributed by atoms with van der Waals surface area (Å²) in [6.45, 7) is 9.23. The Morgan fingerprint density at radius 1 is 1.15 bits per heavy atom. The van der Waals surface area contributed by atoms with Gasteiger partial charge in [-0.05, 0) is 13.8 Å². The van der Waals surface area contributed by atoms with Crippen molar-refractivity contribution in [3.8, 4) is 0 Å². The number of imidazole rings is 2. The minimum Gasteiger partial charge on any atom is -0.379 e. The summed E-state index contributed by atoms with van der Waals surface area (Å²) < 4.78 is 12.0. The lowest BCUT2D eigenvalue weighted by molar-refractivity contribution is 0.0364. The highest BCUT2D eigenvalue weighted by atomic mass is 16.5. The molecule has 1 aliphatic heterocycles. The molecule has 0 unspecified atom stereocenters. The highest BCUT2D eigenvalue weighted by molar-refractivity contribution is 5.75. The van der Waals surface area contributed by atoms with Gasteiger partial charge in [0.15, 0.2) is 11.2 Å². The zero-order valence-electron chi connectivity index (χ0n) is 15.4. The number of aryl methyl sites for hydroxylation is 2. The number of fused-ring (bicyclic) bond motifs is 3. The van der Waals surface area contributed by atoms with Crippen molar-refractivity contribution in [2.45, 2.75) is 26.9 Å². The fraction of sp³-hybridized carbons (Fsp3) is 0.588. The van der Waals surface area contributed by atoms with Gasteiger partial charge in [-0.25, -0.2) is 4.79 Å². The van der Waals surface area contributed by atoms with Crippen molar-refractivity contribution in [1.29, 1.82) is 0 Å². The third-order valence-electron chi connectivity index (χ3n) is 5.20. The molecule has 4 heterocycles. The summed E-state index contributed by atoms with van der Waals surface area (Å²) in [4.78, 5) is 32.2. The average Bonchev–Trinajstić information content (AvgIpc) is 3.14. The summed E-state index contributed by atoms with van der Waals surface area (Å²) >= 11 is 0. The maximum absolute atomic E-state index is 12.8. The smallest absolute Gasteiger partial charge is 0.332 e. The molecule has 0 N–H and O–H groups in total. The van der Waals surface area contributed by atoms with Crippen LogP contribution in [-0.2, 0) is 24.9 Å². The molecule has 1 fully saturated rings. The summed E-state index contributed by atoms with van der Waals surface area (Å²) in [6, 6.07) is 0. The Kier molecular flexibility index (Phi) is 4.20. The second-order valence-electron chi connectivity index (χ2n) is 6.72. The Labute approximate surface area is 150 Å². The van der Waals surface area contributed by atoms with E-state index in [1.807, 2.05) is 17.5 Å². The van der Waals surface area contributed by atoms with Gasteiger partial charge in [-0.1, -0.05) is 0 Å². The molecule has 0 amide bonds. The van der Waals surface area contributed by atoms with Crippen LogP contribution in [0.15, 0.2) is 15.8 Å². The van der Waals surface area contributed by atoms with E-state index in [2.05, 4.69) is 14.5 Å². The molecule has 0 bridgehead atoms. The van der Waals surface area contributed by atoms with Crippen LogP contribution in [0.3, 0.4) is 0 Å². The molecule has 140 valence electrons. The first-order chi connectivity index (χ1) is 12.5. The van der Waals surface area contributed by atoms with Crippen molar-refractivity contribution in [3.63, 3.8) is 0 Å². The quantitative estimate of drug-likeness (QED) is 0.644. The Bertz CT molecular complexity index is 1080. The molecule has 0 radical (unpaired) electrons. The van der Waals surface area contributed by atoms with Crippen LogP contribution in [-0.4, -0.2) is 60.8 Å². The van der Waals surface area contributed by atoms with Gasteiger partial charge in [0.1, 0.15) is 0 Å². The van der Waals surface area contributed by atoms with E-state index in [1.54, 1.807) is 14.0 Å². The van der Waals surface area contributed by atoms with Gasteiger partial charge in [0.2, 0.25) is 5.78 Å². The van der Waals surface area contributed by atoms with Gasteiger partial charge in [0, 0.05) is 51.7 Å². The molecule has 0 aromatic carbocycles. The van der Waals surface area contributed by atoms with Gasteiger partial charge in [-0.15, -0.1) is 0 Å². The maximum atomic E-state index is 12.8. The molecule has 4 rings (SSSR count). The molecule has 26 heavy (non-hydrogen) atoms. The van der Waals surface area contributed by atoms with Crippen LogP contribution >= 0.6 is 0 Å². The average molecular weight is 360 g/mol. The van der Waals surface area contributed by atoms with E-state index in [0.29, 0.717) is 23.5 Å². The van der Waals surface area contributed by atoms with E-state index in [1.165, 1.54) is 9.13 Å². The molecule has 0 spiro atoms. The Balaban J connectivity index is 1.83. The van der Waals surface area contributed by atoms with Crippen LogP contribution in [0.2, 0.25) is 0 Å². The lowest BCUT2D eigenvalue weighted by atomic mass is 10.4. The molecule has 3 aromatic heterocycles. The number of morpholine rings is 1. The van der Waals surface area contributed by atoms with E-state index in [0.717, 1.165) is 45.1 Å². The van der Waals surface area contributed by atoms with Crippen molar-refractivity contribution in [2.75, 3.05) is 32.8 Å². The minimum absolute atomic E-state index is 0.288. The number of rotatable bonds is 4. The van der Waals surface area contributed by atoms with Crippen molar-refractivity contribution >= 4 is 16.9 Å². The molecule has 9 nitrogen and oxygen atoms in total. The first kappa shape index (κ1) is 17.0. The van der Waals surface area contributed by atoms with Gasteiger partial charge in [-0.2, -0.15) is 4.98 Å². The third-order valence-corrected chi connectivity index (χ3v) is 5.20. The lowest BCUT2D eigenvalue weighted by Crippen LogP contribution is -2.38. The van der Waals surface area contributed by atoms with Crippen molar-refractivity contribution in [3.05, 3.63) is 32.7 Å². The van der Waals surface area contributed by atoms with E-state index >= 15 is 0 Å². The monoisotopic (exact) mass is 360 g/mol. The van der Waals surface area contributed by atoms with Crippen LogP contribution < -0.4 is 11.2 Å². The Hall–Kier alpha value is -2.39. The summed E-state index contributed by atoms with van der Waals surface area (Å²) in [5, 5.41) is 0. The summed E-state index contributed by atoms with van der Waals surface area (Å²) in [5.41, 5.74) is 1.31. The van der Waals surface area contributed by atoms with E-state index in [9.17, 15) is 9.59 Å². The van der Waals surface area contributed by atoms with Gasteiger partial charge in [0.25, 0.3) is 5.56 Å². The third kappa shape index (κ3) is 2.50. The van der Waals surface area contributed by atoms with E-state index < -0.39 is 0 Å². The van der Waals surface area contributed by atoms with Gasteiger partial charge < -0.3 is 9.30 Å². The Morgan fingerprint density at radius 2 is 1.88 bits per heavy atom. The first-order valence-corrected chi connectivity index (χ1v) is 9.00. The van der Waals surface area contributed by atoms with Gasteiger partial charge in [0.05, 0.1) is 13.2 Å². The van der Waals surface area contributed by atoms with Crippen LogP contribution in [0, 0.1) is 6.92 Å². The van der Waals surface area contributed by atoms with Crippen LogP contribution in [0.25, 0.3) is 16.9 Å². The Morgan fingerprint density at radius 3 is 2.58 bits per heavy atom. The largest absolute Gasteiger partial charge is 0.379 e. The standard InChI is InChI=1S/C17H24N6O3/c1-4-21-15(24)13-14(19(3)17(21)25)18-16-22(12(2)11-23(13)16)6-5-20-7-9-26-10-8-20/h11H,4-10H2,1-3H3. The molecule has 1 saturated heterocycles. The molecule has 3 aromatic rings. The first-order valence-electron chi connectivity index (χ1n) is 9.00. The molecule has 0 atom stereocenters. The summed E-state index contributed by atoms with van der Waals surface area (Å²) in [5.74, 6) is 0.701. The SMILES string of the molecule is CCn1c(=O)c2c(nc3n(CCN4CCOCC4)c(C)cn23)n(C)c1=O. The predicted molar refractivity (Wildman–Crippen MR) is 97.9 cm³/mol. The van der Waals surface area contributed by atoms with Gasteiger partial charge >= 0.3 is 5.69 Å². The lowest BCUT2D eigenvalue weighted by Gasteiger charge is -2.26. The zero-order valence-corrected chi connectivity index (χ0v) is 15.4. The fourth-order valence-electron chi connectivity index (χ4n) is 3.68. The van der Waals surface area contributed by atoms with Crippen molar-refractivity contribution < 1.29 is 4.74 Å². The highest BCUT2D eigenvalue weighted by Gasteiger charge is 2.20. The minimum atomic E-state index is -0.331. The molecular weight excluding hydrogens is 336 g/mol. The van der Waals surface area contributed by atoms with E-state index in [4.69, 9.17) is 4.74 Å². The number of hydrogen-bond donors (Lipinski definition) is 0. The number of hydrogen-bond acceptors (Lipinski definition) is 5. The second-order valence-corrected chi connectivity index (χ2v) is 6.72. The fourth-order valence-corrected chi connectivity index (χ4v) is 3.68. The van der Waals surface area contributed by atoms with Crippen molar-refractivity contribution in [1.82, 2.24) is 28.0 Å². The summed E-state index contributed by atoms with van der Waals surface area (Å²) in [6.07, 6.45) is 1.93. The number of aromatic nitrogens is 5. The van der Waals surface area contributed by atoms with E-state index in [-0.39, 0.29) is 11.2 Å². The molecule has 9 heteroatoms. The van der Waals surface area contributed by atoms with Crippen LogP contribution in [0.1, 0.15) is 12.6 Å². The number of ether oxygens (including phenoxy) is 1. The molecule has 0 aliphatic carbocycles. The molecule has 1 aliphatic rings. The molecular formula is C17H24N6O3. The topological polar surface area (TPSA) is 78.7 Å². The predicted octanol–water partition coefficient (Wildman–Crippen LogP) is -0.190. The van der Waals surface area contributed by atoms with Gasteiger partial charge in [-0.3, -0.25) is 23.2 Å².